The third-order valence-corrected chi connectivity index (χ3v) is 4.52. The first-order valence-electron chi connectivity index (χ1n) is 8.41. The standard InChI is InChI=1S/C20H24N2O/c21-18-10-6-14-22(15-18)20(23)19-11-5-4-9-17(19)13-12-16-7-2-1-3-8-16/h1-5,7-9,11,18H,6,10,12-15,21H2. The highest BCUT2D eigenvalue weighted by Gasteiger charge is 2.23. The Hall–Kier alpha value is -2.13. The van der Waals surface area contributed by atoms with Crippen molar-refractivity contribution < 1.29 is 4.79 Å². The van der Waals surface area contributed by atoms with E-state index in [9.17, 15) is 4.79 Å². The summed E-state index contributed by atoms with van der Waals surface area (Å²) in [6.45, 7) is 1.49. The zero-order valence-electron chi connectivity index (χ0n) is 13.4. The number of amides is 1. The van der Waals surface area contributed by atoms with Crippen molar-refractivity contribution in [2.45, 2.75) is 31.7 Å². The Balaban J connectivity index is 1.73. The van der Waals surface area contributed by atoms with Gasteiger partial charge < -0.3 is 10.6 Å². The third-order valence-electron chi connectivity index (χ3n) is 4.52. The molecule has 3 heteroatoms. The molecule has 1 atom stereocenters. The SMILES string of the molecule is NC1CCCN(C(=O)c2ccccc2CCc2ccccc2)C1. The fourth-order valence-electron chi connectivity index (χ4n) is 3.24. The van der Waals surface area contributed by atoms with Crippen LogP contribution in [-0.2, 0) is 12.8 Å². The number of nitrogens with zero attached hydrogens (tertiary/aromatic N) is 1. The molecule has 120 valence electrons. The zero-order chi connectivity index (χ0) is 16.1. The van der Waals surface area contributed by atoms with E-state index in [0.717, 1.165) is 43.4 Å². The molecule has 3 nitrogen and oxygen atoms in total. The van der Waals surface area contributed by atoms with Gasteiger partial charge in [-0.25, -0.2) is 0 Å². The van der Waals surface area contributed by atoms with E-state index in [1.165, 1.54) is 5.56 Å². The van der Waals surface area contributed by atoms with Gasteiger partial charge in [0.05, 0.1) is 0 Å². The quantitative estimate of drug-likeness (QED) is 0.943. The lowest BCUT2D eigenvalue weighted by molar-refractivity contribution is 0.0707. The summed E-state index contributed by atoms with van der Waals surface area (Å²) in [5.74, 6) is 0.129. The summed E-state index contributed by atoms with van der Waals surface area (Å²) < 4.78 is 0. The van der Waals surface area contributed by atoms with E-state index in [2.05, 4.69) is 30.3 Å². The lowest BCUT2D eigenvalue weighted by Gasteiger charge is -2.31. The van der Waals surface area contributed by atoms with Gasteiger partial charge in [0.15, 0.2) is 0 Å². The van der Waals surface area contributed by atoms with Crippen molar-refractivity contribution in [3.63, 3.8) is 0 Å². The highest BCUT2D eigenvalue weighted by atomic mass is 16.2. The number of benzene rings is 2. The largest absolute Gasteiger partial charge is 0.337 e. The molecule has 23 heavy (non-hydrogen) atoms. The third kappa shape index (κ3) is 3.99. The van der Waals surface area contributed by atoms with Crippen LogP contribution in [0.2, 0.25) is 0 Å². The number of likely N-dealkylation sites (tertiary alicyclic amines) is 1. The van der Waals surface area contributed by atoms with Gasteiger partial charge in [0.2, 0.25) is 0 Å². The first-order chi connectivity index (χ1) is 11.2. The Labute approximate surface area is 138 Å². The van der Waals surface area contributed by atoms with E-state index in [4.69, 9.17) is 5.73 Å². The number of carbonyl (C=O) groups excluding carboxylic acids is 1. The molecule has 0 bridgehead atoms. The second kappa shape index (κ2) is 7.42. The average Bonchev–Trinajstić information content (AvgIpc) is 2.60. The second-order valence-electron chi connectivity index (χ2n) is 6.30. The van der Waals surface area contributed by atoms with Crippen LogP contribution < -0.4 is 5.73 Å². The Morgan fingerprint density at radius 2 is 1.78 bits per heavy atom. The van der Waals surface area contributed by atoms with Crippen LogP contribution in [0.3, 0.4) is 0 Å². The summed E-state index contributed by atoms with van der Waals surface area (Å²) in [7, 11) is 0. The first-order valence-corrected chi connectivity index (χ1v) is 8.41. The van der Waals surface area contributed by atoms with Crippen LogP contribution in [0, 0.1) is 0 Å². The normalized spacial score (nSPS) is 18.0. The molecule has 0 aliphatic carbocycles. The molecule has 1 heterocycles. The molecule has 1 aliphatic rings. The molecule has 0 spiro atoms. The van der Waals surface area contributed by atoms with E-state index in [0.29, 0.717) is 6.54 Å². The molecule has 1 saturated heterocycles. The maximum absolute atomic E-state index is 12.8. The summed E-state index contributed by atoms with van der Waals surface area (Å²) in [4.78, 5) is 14.8. The van der Waals surface area contributed by atoms with Gasteiger partial charge in [-0.3, -0.25) is 4.79 Å². The van der Waals surface area contributed by atoms with E-state index in [1.54, 1.807) is 0 Å². The van der Waals surface area contributed by atoms with Crippen molar-refractivity contribution in [2.24, 2.45) is 5.73 Å². The number of rotatable bonds is 4. The number of hydrogen-bond donors (Lipinski definition) is 1. The van der Waals surface area contributed by atoms with Gasteiger partial charge in [-0.1, -0.05) is 48.5 Å². The Morgan fingerprint density at radius 1 is 1.04 bits per heavy atom. The fraction of sp³-hybridized carbons (Fsp3) is 0.350. The van der Waals surface area contributed by atoms with Crippen LogP contribution in [-0.4, -0.2) is 29.9 Å². The molecule has 1 fully saturated rings. The molecular formula is C20H24N2O. The minimum Gasteiger partial charge on any atom is -0.337 e. The van der Waals surface area contributed by atoms with Crippen molar-refractivity contribution in [3.05, 3.63) is 71.3 Å². The van der Waals surface area contributed by atoms with Crippen LogP contribution in [0.4, 0.5) is 0 Å². The highest BCUT2D eigenvalue weighted by Crippen LogP contribution is 2.18. The van der Waals surface area contributed by atoms with E-state index >= 15 is 0 Å². The van der Waals surface area contributed by atoms with Gasteiger partial charge in [0.25, 0.3) is 5.91 Å². The average molecular weight is 308 g/mol. The van der Waals surface area contributed by atoms with Crippen LogP contribution in [0.1, 0.15) is 34.3 Å². The van der Waals surface area contributed by atoms with Crippen molar-refractivity contribution >= 4 is 5.91 Å². The number of nitrogens with two attached hydrogens (primary N) is 1. The molecule has 2 N–H and O–H groups in total. The molecule has 1 amide bonds. The van der Waals surface area contributed by atoms with Gasteiger partial charge in [0.1, 0.15) is 0 Å². The van der Waals surface area contributed by atoms with E-state index < -0.39 is 0 Å². The Morgan fingerprint density at radius 3 is 2.57 bits per heavy atom. The van der Waals surface area contributed by atoms with Crippen molar-refractivity contribution in [1.29, 1.82) is 0 Å². The van der Waals surface area contributed by atoms with Gasteiger partial charge in [0, 0.05) is 24.7 Å². The fourth-order valence-corrected chi connectivity index (χ4v) is 3.24. The van der Waals surface area contributed by atoms with Gasteiger partial charge in [-0.05, 0) is 42.9 Å². The number of carbonyl (C=O) groups is 1. The second-order valence-corrected chi connectivity index (χ2v) is 6.30. The first kappa shape index (κ1) is 15.8. The molecule has 2 aromatic carbocycles. The van der Waals surface area contributed by atoms with Gasteiger partial charge in [-0.2, -0.15) is 0 Å². The molecule has 0 aromatic heterocycles. The maximum atomic E-state index is 12.8. The van der Waals surface area contributed by atoms with Crippen molar-refractivity contribution in [2.75, 3.05) is 13.1 Å². The molecule has 1 unspecified atom stereocenters. The summed E-state index contributed by atoms with van der Waals surface area (Å²) in [5, 5.41) is 0. The summed E-state index contributed by atoms with van der Waals surface area (Å²) in [6, 6.07) is 18.5. The Kier molecular flexibility index (Phi) is 5.09. The maximum Gasteiger partial charge on any atom is 0.254 e. The smallest absolute Gasteiger partial charge is 0.254 e. The summed E-state index contributed by atoms with van der Waals surface area (Å²) >= 11 is 0. The molecule has 2 aromatic rings. The number of aryl methyl sites for hydroxylation is 2. The molecule has 0 saturated carbocycles. The van der Waals surface area contributed by atoms with Gasteiger partial charge in [-0.15, -0.1) is 0 Å². The zero-order valence-corrected chi connectivity index (χ0v) is 13.4. The van der Waals surface area contributed by atoms with E-state index in [1.807, 2.05) is 29.2 Å². The highest BCUT2D eigenvalue weighted by molar-refractivity contribution is 5.95. The van der Waals surface area contributed by atoms with Crippen LogP contribution in [0.15, 0.2) is 54.6 Å². The molecule has 3 rings (SSSR count). The number of hydrogen-bond acceptors (Lipinski definition) is 2. The molecule has 0 radical (unpaired) electrons. The summed E-state index contributed by atoms with van der Waals surface area (Å²) in [6.07, 6.45) is 3.84. The minimum absolute atomic E-state index is 0.115. The predicted octanol–water partition coefficient (Wildman–Crippen LogP) is 3.04. The van der Waals surface area contributed by atoms with Crippen LogP contribution >= 0.6 is 0 Å². The van der Waals surface area contributed by atoms with Crippen LogP contribution in [0.5, 0.6) is 0 Å². The lowest BCUT2D eigenvalue weighted by atomic mass is 9.98. The monoisotopic (exact) mass is 308 g/mol. The van der Waals surface area contributed by atoms with Crippen molar-refractivity contribution in [3.8, 4) is 0 Å². The topological polar surface area (TPSA) is 46.3 Å². The van der Waals surface area contributed by atoms with Crippen molar-refractivity contribution in [1.82, 2.24) is 4.90 Å². The summed E-state index contributed by atoms with van der Waals surface area (Å²) in [5.41, 5.74) is 9.28. The predicted molar refractivity (Wildman–Crippen MR) is 93.4 cm³/mol. The molecular weight excluding hydrogens is 284 g/mol. The number of piperidine rings is 1. The molecule has 1 aliphatic heterocycles. The Bertz CT molecular complexity index is 654. The van der Waals surface area contributed by atoms with E-state index in [-0.39, 0.29) is 11.9 Å². The van der Waals surface area contributed by atoms with Gasteiger partial charge >= 0.3 is 0 Å². The van der Waals surface area contributed by atoms with Crippen LogP contribution in [0.25, 0.3) is 0 Å². The lowest BCUT2D eigenvalue weighted by Crippen LogP contribution is -2.45. The minimum atomic E-state index is 0.115.